The molecule has 0 radical (unpaired) electrons. The van der Waals surface area contributed by atoms with Crippen LogP contribution in [0.25, 0.3) is 0 Å². The maximum Gasteiger partial charge on any atom is 0.248 e. The van der Waals surface area contributed by atoms with E-state index in [4.69, 9.17) is 11.6 Å². The summed E-state index contributed by atoms with van der Waals surface area (Å²) in [5.41, 5.74) is 2.59. The Morgan fingerprint density at radius 1 is 1.09 bits per heavy atom. The van der Waals surface area contributed by atoms with Crippen LogP contribution >= 0.6 is 11.6 Å². The molecule has 3 aromatic rings. The minimum Gasteiger partial charge on any atom is -0.507 e. The lowest BCUT2D eigenvalue weighted by Crippen LogP contribution is -2.21. The molecule has 1 aromatic heterocycles. The highest BCUT2D eigenvalue weighted by molar-refractivity contribution is 6.30. The number of aliphatic imine (C=N–C) groups is 1. The largest absolute Gasteiger partial charge is 0.507 e. The SMILES string of the molecule is Oc1ccccc1C1=Nc2ncnn2C(c2ccc(Cl)cc2)C1. The molecule has 1 aliphatic heterocycles. The molecule has 0 bridgehead atoms. The van der Waals surface area contributed by atoms with Crippen LogP contribution in [0.2, 0.25) is 5.02 Å². The molecule has 0 amide bonds. The number of fused-ring (bicyclic) bond motifs is 1. The van der Waals surface area contributed by atoms with E-state index in [-0.39, 0.29) is 11.8 Å². The fourth-order valence-electron chi connectivity index (χ4n) is 2.81. The van der Waals surface area contributed by atoms with Crippen LogP contribution in [0.15, 0.2) is 59.9 Å². The summed E-state index contributed by atoms with van der Waals surface area (Å²) < 4.78 is 1.80. The van der Waals surface area contributed by atoms with Gasteiger partial charge in [-0.1, -0.05) is 35.9 Å². The predicted octanol–water partition coefficient (Wildman–Crippen LogP) is 3.75. The molecule has 0 fully saturated rings. The first-order valence-corrected chi connectivity index (χ1v) is 7.61. The first kappa shape index (κ1) is 14.0. The van der Waals surface area contributed by atoms with Crippen molar-refractivity contribution in [2.45, 2.75) is 12.5 Å². The van der Waals surface area contributed by atoms with Gasteiger partial charge in [0.05, 0.1) is 11.8 Å². The van der Waals surface area contributed by atoms with Crippen molar-refractivity contribution in [2.75, 3.05) is 0 Å². The molecule has 114 valence electrons. The molecule has 2 heterocycles. The van der Waals surface area contributed by atoms with Crippen molar-refractivity contribution in [3.63, 3.8) is 0 Å². The van der Waals surface area contributed by atoms with Crippen LogP contribution in [0.1, 0.15) is 23.6 Å². The van der Waals surface area contributed by atoms with Gasteiger partial charge in [-0.3, -0.25) is 0 Å². The molecular formula is C17H13ClN4O. The second-order valence-electron chi connectivity index (χ2n) is 5.35. The Bertz CT molecular complexity index is 886. The Morgan fingerprint density at radius 2 is 1.87 bits per heavy atom. The van der Waals surface area contributed by atoms with Gasteiger partial charge in [0.2, 0.25) is 5.95 Å². The Morgan fingerprint density at radius 3 is 2.65 bits per heavy atom. The van der Waals surface area contributed by atoms with Gasteiger partial charge in [-0.15, -0.1) is 0 Å². The monoisotopic (exact) mass is 324 g/mol. The second-order valence-corrected chi connectivity index (χ2v) is 5.79. The Kier molecular flexibility index (Phi) is 3.35. The number of halogens is 1. The molecule has 0 saturated heterocycles. The summed E-state index contributed by atoms with van der Waals surface area (Å²) in [6, 6.07) is 14.8. The molecule has 0 aliphatic carbocycles. The van der Waals surface area contributed by atoms with Gasteiger partial charge in [0.1, 0.15) is 12.1 Å². The summed E-state index contributed by atoms with van der Waals surface area (Å²) >= 11 is 5.98. The quantitative estimate of drug-likeness (QED) is 0.780. The number of hydrogen-bond donors (Lipinski definition) is 1. The number of phenolic OH excluding ortho intramolecular Hbond substituents is 1. The normalized spacial score (nSPS) is 16.7. The highest BCUT2D eigenvalue weighted by atomic mass is 35.5. The molecule has 1 N–H and O–H groups in total. The summed E-state index contributed by atoms with van der Waals surface area (Å²) in [6.07, 6.45) is 2.12. The first-order valence-electron chi connectivity index (χ1n) is 7.23. The van der Waals surface area contributed by atoms with E-state index in [1.807, 2.05) is 36.4 Å². The van der Waals surface area contributed by atoms with Crippen molar-refractivity contribution in [3.8, 4) is 5.75 Å². The van der Waals surface area contributed by atoms with Crippen molar-refractivity contribution in [1.29, 1.82) is 0 Å². The van der Waals surface area contributed by atoms with Gasteiger partial charge in [-0.25, -0.2) is 9.67 Å². The van der Waals surface area contributed by atoms with Crippen LogP contribution in [-0.4, -0.2) is 25.6 Å². The number of para-hydroxylation sites is 1. The van der Waals surface area contributed by atoms with E-state index in [0.29, 0.717) is 17.4 Å². The molecule has 0 spiro atoms. The van der Waals surface area contributed by atoms with E-state index in [1.165, 1.54) is 6.33 Å². The van der Waals surface area contributed by atoms with Crippen molar-refractivity contribution >= 4 is 23.3 Å². The number of benzene rings is 2. The van der Waals surface area contributed by atoms with Crippen LogP contribution in [0.4, 0.5) is 5.95 Å². The summed E-state index contributed by atoms with van der Waals surface area (Å²) in [5.74, 6) is 0.753. The minimum absolute atomic E-state index is 0.0307. The smallest absolute Gasteiger partial charge is 0.248 e. The van der Waals surface area contributed by atoms with Crippen LogP contribution in [-0.2, 0) is 0 Å². The van der Waals surface area contributed by atoms with Gasteiger partial charge in [-0.05, 0) is 29.8 Å². The third-order valence-electron chi connectivity index (χ3n) is 3.94. The summed E-state index contributed by atoms with van der Waals surface area (Å²) in [4.78, 5) is 8.76. The molecule has 2 aromatic carbocycles. The zero-order chi connectivity index (χ0) is 15.8. The number of aromatic hydroxyl groups is 1. The fraction of sp³-hybridized carbons (Fsp3) is 0.118. The van der Waals surface area contributed by atoms with Gasteiger partial charge in [-0.2, -0.15) is 10.1 Å². The second kappa shape index (κ2) is 5.52. The van der Waals surface area contributed by atoms with Crippen LogP contribution in [0.3, 0.4) is 0 Å². The van der Waals surface area contributed by atoms with Crippen LogP contribution < -0.4 is 0 Å². The first-order chi connectivity index (χ1) is 11.2. The summed E-state index contributed by atoms with van der Waals surface area (Å²) in [6.45, 7) is 0. The molecule has 23 heavy (non-hydrogen) atoms. The van der Waals surface area contributed by atoms with E-state index in [9.17, 15) is 5.11 Å². The van der Waals surface area contributed by atoms with Crippen molar-refractivity contribution < 1.29 is 5.11 Å². The van der Waals surface area contributed by atoms with Crippen molar-refractivity contribution in [3.05, 3.63) is 71.0 Å². The number of nitrogens with zero attached hydrogens (tertiary/aromatic N) is 4. The minimum atomic E-state index is -0.0307. The lowest BCUT2D eigenvalue weighted by Gasteiger charge is -2.24. The highest BCUT2D eigenvalue weighted by Gasteiger charge is 2.27. The fourth-order valence-corrected chi connectivity index (χ4v) is 2.94. The predicted molar refractivity (Wildman–Crippen MR) is 88.5 cm³/mol. The summed E-state index contributed by atoms with van der Waals surface area (Å²) in [5, 5.41) is 15.1. The molecular weight excluding hydrogens is 312 g/mol. The third kappa shape index (κ3) is 2.49. The molecule has 4 rings (SSSR count). The summed E-state index contributed by atoms with van der Waals surface area (Å²) in [7, 11) is 0. The maximum atomic E-state index is 10.1. The maximum absolute atomic E-state index is 10.1. The van der Waals surface area contributed by atoms with Crippen LogP contribution in [0, 0.1) is 0 Å². The van der Waals surface area contributed by atoms with Crippen molar-refractivity contribution in [1.82, 2.24) is 14.8 Å². The van der Waals surface area contributed by atoms with E-state index in [1.54, 1.807) is 16.8 Å². The molecule has 1 aliphatic rings. The zero-order valence-corrected chi connectivity index (χ0v) is 12.9. The Hall–Kier alpha value is -2.66. The number of rotatable bonds is 2. The highest BCUT2D eigenvalue weighted by Crippen LogP contribution is 2.34. The number of phenols is 1. The Labute approximate surface area is 137 Å². The Balaban J connectivity index is 1.81. The van der Waals surface area contributed by atoms with Gasteiger partial charge in [0.25, 0.3) is 0 Å². The molecule has 1 unspecified atom stereocenters. The van der Waals surface area contributed by atoms with Gasteiger partial charge in [0, 0.05) is 17.0 Å². The third-order valence-corrected chi connectivity index (χ3v) is 4.19. The molecule has 6 heteroatoms. The lowest BCUT2D eigenvalue weighted by atomic mass is 9.96. The number of aromatic nitrogens is 3. The van der Waals surface area contributed by atoms with E-state index < -0.39 is 0 Å². The van der Waals surface area contributed by atoms with E-state index in [0.717, 1.165) is 16.8 Å². The molecule has 0 saturated carbocycles. The van der Waals surface area contributed by atoms with Gasteiger partial charge >= 0.3 is 0 Å². The molecule has 5 nitrogen and oxygen atoms in total. The molecule has 1 atom stereocenters. The average Bonchev–Trinajstić information content (AvgIpc) is 3.04. The lowest BCUT2D eigenvalue weighted by molar-refractivity contribution is 0.472. The standard InChI is InChI=1S/C17H13ClN4O/c18-12-7-5-11(6-8-12)15-9-14(13-3-1-2-4-16(13)23)21-17-19-10-20-22(15)17/h1-8,10,15,23H,9H2. The zero-order valence-electron chi connectivity index (χ0n) is 12.1. The van der Waals surface area contributed by atoms with Gasteiger partial charge in [0.15, 0.2) is 0 Å². The van der Waals surface area contributed by atoms with Gasteiger partial charge < -0.3 is 5.11 Å². The van der Waals surface area contributed by atoms with E-state index in [2.05, 4.69) is 15.1 Å². The average molecular weight is 325 g/mol. The van der Waals surface area contributed by atoms with E-state index >= 15 is 0 Å². The number of hydrogen-bond acceptors (Lipinski definition) is 4. The van der Waals surface area contributed by atoms with Crippen molar-refractivity contribution in [2.24, 2.45) is 4.99 Å². The topological polar surface area (TPSA) is 63.3 Å². The van der Waals surface area contributed by atoms with Crippen LogP contribution in [0.5, 0.6) is 5.75 Å².